The maximum atomic E-state index is 12.8. The lowest BCUT2D eigenvalue weighted by Crippen LogP contribution is -2.12. The molecule has 130 valence electrons. The number of carbonyl (C=O) groups excluding carboxylic acids is 1. The van der Waals surface area contributed by atoms with Crippen LogP contribution in [0.25, 0.3) is 11.3 Å². The monoisotopic (exact) mass is 432 g/mol. The Bertz CT molecular complexity index is 723. The number of rotatable bonds is 3. The number of halogens is 7. The molecule has 0 aliphatic carbocycles. The molecule has 1 aromatic heterocycles. The first kappa shape index (κ1) is 18.7. The van der Waals surface area contributed by atoms with Crippen molar-refractivity contribution in [3.8, 4) is 11.3 Å². The van der Waals surface area contributed by atoms with Crippen molar-refractivity contribution < 1.29 is 31.1 Å². The lowest BCUT2D eigenvalue weighted by molar-refractivity contribution is -0.143. The average molecular weight is 433 g/mol. The van der Waals surface area contributed by atoms with Crippen LogP contribution in [0.4, 0.5) is 31.5 Å². The number of aromatic nitrogens is 1. The minimum absolute atomic E-state index is 0.0241. The number of carbonyl (C=O) groups is 1. The molecule has 1 amide bonds. The second kappa shape index (κ2) is 6.71. The van der Waals surface area contributed by atoms with E-state index in [9.17, 15) is 31.1 Å². The minimum Gasteiger partial charge on any atom is -0.301 e. The van der Waals surface area contributed by atoms with Gasteiger partial charge in [0.15, 0.2) is 5.13 Å². The van der Waals surface area contributed by atoms with E-state index in [-0.39, 0.29) is 27.8 Å². The van der Waals surface area contributed by atoms with Gasteiger partial charge < -0.3 is 5.32 Å². The van der Waals surface area contributed by atoms with Crippen molar-refractivity contribution in [2.24, 2.45) is 0 Å². The number of nitrogens with one attached hydrogen (secondary N) is 1. The quantitative estimate of drug-likeness (QED) is 0.536. The Balaban J connectivity index is 2.48. The van der Waals surface area contributed by atoms with Crippen LogP contribution in [0.3, 0.4) is 0 Å². The molecule has 0 atom stereocenters. The highest BCUT2D eigenvalue weighted by molar-refractivity contribution is 9.09. The third kappa shape index (κ3) is 4.47. The van der Waals surface area contributed by atoms with Gasteiger partial charge in [0.1, 0.15) is 0 Å². The van der Waals surface area contributed by atoms with Crippen LogP contribution < -0.4 is 5.32 Å². The van der Waals surface area contributed by atoms with Crippen LogP contribution in [0.5, 0.6) is 0 Å². The predicted molar refractivity (Wildman–Crippen MR) is 80.0 cm³/mol. The highest BCUT2D eigenvalue weighted by Crippen LogP contribution is 2.39. The third-order valence-electron chi connectivity index (χ3n) is 2.76. The van der Waals surface area contributed by atoms with Crippen molar-refractivity contribution in [1.29, 1.82) is 0 Å². The van der Waals surface area contributed by atoms with E-state index in [0.717, 1.165) is 11.3 Å². The van der Waals surface area contributed by atoms with Gasteiger partial charge >= 0.3 is 12.4 Å². The summed E-state index contributed by atoms with van der Waals surface area (Å²) < 4.78 is 77.0. The van der Waals surface area contributed by atoms with Crippen molar-refractivity contribution in [3.05, 3.63) is 34.7 Å². The number of hydrogen-bond donors (Lipinski definition) is 1. The zero-order valence-corrected chi connectivity index (χ0v) is 13.8. The van der Waals surface area contributed by atoms with Crippen LogP contribution in [0.2, 0.25) is 0 Å². The van der Waals surface area contributed by atoms with Gasteiger partial charge in [-0.2, -0.15) is 26.3 Å². The Morgan fingerprint density at radius 3 is 2.08 bits per heavy atom. The van der Waals surface area contributed by atoms with Gasteiger partial charge in [-0.05, 0) is 18.2 Å². The molecule has 24 heavy (non-hydrogen) atoms. The van der Waals surface area contributed by atoms with Gasteiger partial charge in [0.25, 0.3) is 0 Å². The standard InChI is InChI=1S/C13H7BrF6N2OS/c14-4-10(23)22-11-21-9(5-24-11)6-1-7(12(15,16)17)3-8(2-6)13(18,19)20/h1-3,5H,4H2,(H,21,22,23). The first-order valence-corrected chi connectivity index (χ1v) is 8.12. The highest BCUT2D eigenvalue weighted by Gasteiger charge is 2.37. The van der Waals surface area contributed by atoms with E-state index in [1.807, 2.05) is 0 Å². The Morgan fingerprint density at radius 2 is 1.62 bits per heavy atom. The molecular weight excluding hydrogens is 426 g/mol. The van der Waals surface area contributed by atoms with E-state index < -0.39 is 29.4 Å². The molecule has 11 heteroatoms. The Morgan fingerprint density at radius 1 is 1.08 bits per heavy atom. The topological polar surface area (TPSA) is 42.0 Å². The molecule has 0 aliphatic heterocycles. The van der Waals surface area contributed by atoms with Crippen LogP contribution in [0.15, 0.2) is 23.6 Å². The fourth-order valence-corrected chi connectivity index (χ4v) is 2.60. The van der Waals surface area contributed by atoms with Crippen molar-refractivity contribution in [3.63, 3.8) is 0 Å². The Kier molecular flexibility index (Phi) is 5.23. The summed E-state index contributed by atoms with van der Waals surface area (Å²) in [4.78, 5) is 15.1. The van der Waals surface area contributed by atoms with E-state index in [1.54, 1.807) is 0 Å². The molecule has 0 bridgehead atoms. The number of benzene rings is 1. The van der Waals surface area contributed by atoms with E-state index in [1.165, 1.54) is 5.38 Å². The molecule has 1 heterocycles. The molecule has 0 saturated carbocycles. The zero-order chi connectivity index (χ0) is 18.1. The molecule has 0 unspecified atom stereocenters. The molecule has 1 aromatic carbocycles. The molecule has 0 fully saturated rings. The maximum Gasteiger partial charge on any atom is 0.416 e. The summed E-state index contributed by atoms with van der Waals surface area (Å²) >= 11 is 3.79. The lowest BCUT2D eigenvalue weighted by Gasteiger charge is -2.13. The van der Waals surface area contributed by atoms with Crippen LogP contribution in [0.1, 0.15) is 11.1 Å². The van der Waals surface area contributed by atoms with Gasteiger partial charge in [-0.25, -0.2) is 4.98 Å². The molecule has 3 nitrogen and oxygen atoms in total. The van der Waals surface area contributed by atoms with E-state index in [2.05, 4.69) is 26.2 Å². The SMILES string of the molecule is O=C(CBr)Nc1nc(-c2cc(C(F)(F)F)cc(C(F)(F)F)c2)cs1. The van der Waals surface area contributed by atoms with Gasteiger partial charge in [0.05, 0.1) is 22.2 Å². The second-order valence-electron chi connectivity index (χ2n) is 4.51. The molecule has 2 rings (SSSR count). The summed E-state index contributed by atoms with van der Waals surface area (Å²) in [5.74, 6) is -0.448. The Labute approximate surface area is 143 Å². The number of hydrogen-bond acceptors (Lipinski definition) is 3. The summed E-state index contributed by atoms with van der Waals surface area (Å²) in [7, 11) is 0. The lowest BCUT2D eigenvalue weighted by atomic mass is 10.0. The van der Waals surface area contributed by atoms with E-state index >= 15 is 0 Å². The average Bonchev–Trinajstić information content (AvgIpc) is 2.93. The van der Waals surface area contributed by atoms with Crippen molar-refractivity contribution in [2.45, 2.75) is 12.4 Å². The van der Waals surface area contributed by atoms with Gasteiger partial charge in [-0.3, -0.25) is 4.79 Å². The molecule has 0 saturated heterocycles. The molecular formula is C13H7BrF6N2OS. The number of nitrogens with zero attached hydrogens (tertiary/aromatic N) is 1. The number of alkyl halides is 7. The summed E-state index contributed by atoms with van der Waals surface area (Å²) in [6.45, 7) is 0. The van der Waals surface area contributed by atoms with Crippen LogP contribution >= 0.6 is 27.3 Å². The summed E-state index contributed by atoms with van der Waals surface area (Å²) in [6.07, 6.45) is -9.86. The maximum absolute atomic E-state index is 12.8. The zero-order valence-electron chi connectivity index (χ0n) is 11.4. The fourth-order valence-electron chi connectivity index (χ4n) is 1.72. The van der Waals surface area contributed by atoms with E-state index in [0.29, 0.717) is 12.1 Å². The second-order valence-corrected chi connectivity index (χ2v) is 5.93. The predicted octanol–water partition coefficient (Wildman–Crippen LogP) is 5.18. The Hall–Kier alpha value is -1.62. The van der Waals surface area contributed by atoms with Gasteiger partial charge in [0, 0.05) is 10.9 Å². The van der Waals surface area contributed by atoms with Crippen LogP contribution in [-0.2, 0) is 17.1 Å². The number of amides is 1. The highest BCUT2D eigenvalue weighted by atomic mass is 79.9. The van der Waals surface area contributed by atoms with Crippen molar-refractivity contribution >= 4 is 38.3 Å². The number of anilines is 1. The molecule has 0 spiro atoms. The van der Waals surface area contributed by atoms with Crippen LogP contribution in [-0.4, -0.2) is 16.2 Å². The van der Waals surface area contributed by atoms with Gasteiger partial charge in [-0.1, -0.05) is 15.9 Å². The molecule has 0 aliphatic rings. The largest absolute Gasteiger partial charge is 0.416 e. The first-order chi connectivity index (χ1) is 11.0. The molecule has 2 aromatic rings. The van der Waals surface area contributed by atoms with Crippen molar-refractivity contribution in [1.82, 2.24) is 4.98 Å². The normalized spacial score (nSPS) is 12.3. The van der Waals surface area contributed by atoms with Gasteiger partial charge in [0.2, 0.25) is 5.91 Å². The molecule has 1 N–H and O–H groups in total. The fraction of sp³-hybridized carbons (Fsp3) is 0.231. The van der Waals surface area contributed by atoms with E-state index in [4.69, 9.17) is 0 Å². The molecule has 0 radical (unpaired) electrons. The smallest absolute Gasteiger partial charge is 0.301 e. The minimum atomic E-state index is -4.93. The van der Waals surface area contributed by atoms with Gasteiger partial charge in [-0.15, -0.1) is 11.3 Å². The van der Waals surface area contributed by atoms with Crippen LogP contribution in [0, 0.1) is 0 Å². The number of thiazole rings is 1. The summed E-state index contributed by atoms with van der Waals surface area (Å²) in [5.41, 5.74) is -3.29. The van der Waals surface area contributed by atoms with Crippen molar-refractivity contribution in [2.75, 3.05) is 10.6 Å². The summed E-state index contributed by atoms with van der Waals surface area (Å²) in [6, 6.07) is 1.21. The third-order valence-corrected chi connectivity index (χ3v) is 4.02. The summed E-state index contributed by atoms with van der Waals surface area (Å²) in [5, 5.41) is 3.66. The first-order valence-electron chi connectivity index (χ1n) is 6.12.